The molecule has 0 aliphatic rings. The largest absolute Gasteiger partial charge is 0.481 e. The molecule has 0 heterocycles. The normalized spacial score (nSPS) is 11.7. The minimum absolute atomic E-state index is 0.296. The summed E-state index contributed by atoms with van der Waals surface area (Å²) in [4.78, 5) is 19.3. The standard InChI is InChI=1S/C32H69P.C4H6O4/c1-5-9-13-17-18-19-20-21-22-23-24-28-32-33(29-25-14-10-6-2,30-26-15-11-7-3)31-27-16-12-8-4;5-3(6)1-2-4(7)8/h33H,5-32H2,1-4H3;1-2H2,(H,5,6)(H,7,8). The van der Waals surface area contributed by atoms with Gasteiger partial charge in [-0.25, -0.2) is 0 Å². The Kier molecular flexibility index (Phi) is 35.1. The molecule has 0 rings (SSSR count). The second-order valence-corrected chi connectivity index (χ2v) is 17.9. The average Bonchev–Trinajstić information content (AvgIpc) is 2.95. The molecular weight excluding hydrogens is 527 g/mol. The quantitative estimate of drug-likeness (QED) is 0.0611. The monoisotopic (exact) mass is 603 g/mol. The smallest absolute Gasteiger partial charge is 0.303 e. The van der Waals surface area contributed by atoms with Crippen molar-refractivity contribution in [3.63, 3.8) is 0 Å². The number of aliphatic carboxylic acids is 2. The minimum Gasteiger partial charge on any atom is -0.481 e. The van der Waals surface area contributed by atoms with Gasteiger partial charge in [-0.15, -0.1) is 0 Å². The molecule has 248 valence electrons. The molecular formula is C36H75O4P. The molecule has 0 aromatic rings. The third-order valence-corrected chi connectivity index (χ3v) is 14.5. The van der Waals surface area contributed by atoms with Gasteiger partial charge in [-0.2, -0.15) is 0 Å². The molecule has 0 aromatic carbocycles. The Balaban J connectivity index is 0. The Labute approximate surface area is 258 Å². The van der Waals surface area contributed by atoms with E-state index in [1.165, 1.54) is 128 Å². The summed E-state index contributed by atoms with van der Waals surface area (Å²) in [6, 6.07) is 0. The van der Waals surface area contributed by atoms with Crippen molar-refractivity contribution in [3.8, 4) is 0 Å². The van der Waals surface area contributed by atoms with Crippen LogP contribution in [0.4, 0.5) is 0 Å². The average molecular weight is 603 g/mol. The number of hydrogen-bond acceptors (Lipinski definition) is 2. The molecule has 5 heteroatoms. The van der Waals surface area contributed by atoms with E-state index in [-0.39, 0.29) is 12.8 Å². The zero-order valence-corrected chi connectivity index (χ0v) is 29.4. The van der Waals surface area contributed by atoms with Crippen molar-refractivity contribution in [2.24, 2.45) is 0 Å². The van der Waals surface area contributed by atoms with E-state index < -0.39 is 19.2 Å². The van der Waals surface area contributed by atoms with Crippen molar-refractivity contribution in [1.82, 2.24) is 0 Å². The predicted molar refractivity (Wildman–Crippen MR) is 186 cm³/mol. The van der Waals surface area contributed by atoms with Crippen molar-refractivity contribution >= 4 is 19.2 Å². The molecule has 0 saturated carbocycles. The van der Waals surface area contributed by atoms with Gasteiger partial charge >= 0.3 is 212 Å². The molecule has 4 nitrogen and oxygen atoms in total. The van der Waals surface area contributed by atoms with Crippen LogP contribution in [0.5, 0.6) is 0 Å². The van der Waals surface area contributed by atoms with E-state index in [1.807, 2.05) is 0 Å². The van der Waals surface area contributed by atoms with E-state index in [4.69, 9.17) is 10.2 Å². The second kappa shape index (κ2) is 33.9. The fourth-order valence-electron chi connectivity index (χ4n) is 6.09. The maximum atomic E-state index is 9.64. The first-order chi connectivity index (χ1) is 19.9. The van der Waals surface area contributed by atoms with E-state index in [1.54, 1.807) is 50.3 Å². The van der Waals surface area contributed by atoms with E-state index in [2.05, 4.69) is 27.7 Å². The first-order valence-corrected chi connectivity index (χ1v) is 21.1. The van der Waals surface area contributed by atoms with Crippen molar-refractivity contribution in [3.05, 3.63) is 0 Å². The summed E-state index contributed by atoms with van der Waals surface area (Å²) in [5.74, 6) is -2.15. The molecule has 0 aliphatic heterocycles. The zero-order valence-electron chi connectivity index (χ0n) is 28.4. The molecule has 0 spiro atoms. The molecule has 0 aromatic heterocycles. The molecule has 0 aliphatic carbocycles. The maximum Gasteiger partial charge on any atom is 0.303 e. The van der Waals surface area contributed by atoms with Crippen LogP contribution in [0.2, 0.25) is 0 Å². The number of unbranched alkanes of at least 4 members (excludes halogenated alkanes) is 20. The summed E-state index contributed by atoms with van der Waals surface area (Å²) in [6.07, 6.45) is 41.7. The van der Waals surface area contributed by atoms with Crippen molar-refractivity contribution in [2.45, 2.75) is 195 Å². The molecule has 0 bridgehead atoms. The van der Waals surface area contributed by atoms with Gasteiger partial charge in [0.15, 0.2) is 0 Å². The maximum absolute atomic E-state index is 9.64. The van der Waals surface area contributed by atoms with Crippen molar-refractivity contribution < 1.29 is 19.8 Å². The van der Waals surface area contributed by atoms with Crippen LogP contribution >= 0.6 is 7.26 Å². The summed E-state index contributed by atoms with van der Waals surface area (Å²) >= 11 is 0. The Hall–Kier alpha value is -0.630. The number of carboxylic acid groups (broad SMARTS) is 2. The topological polar surface area (TPSA) is 74.6 Å². The number of carboxylic acids is 2. The summed E-state index contributed by atoms with van der Waals surface area (Å²) in [7, 11) is -1.04. The Morgan fingerprint density at radius 2 is 0.561 bits per heavy atom. The molecule has 0 amide bonds. The van der Waals surface area contributed by atoms with Crippen LogP contribution in [-0.4, -0.2) is 46.8 Å². The molecule has 0 saturated heterocycles. The van der Waals surface area contributed by atoms with Gasteiger partial charge in [0.05, 0.1) is 12.8 Å². The number of hydrogen-bond donors (Lipinski definition) is 2. The van der Waals surface area contributed by atoms with E-state index in [0.29, 0.717) is 0 Å². The van der Waals surface area contributed by atoms with E-state index >= 15 is 0 Å². The third-order valence-electron chi connectivity index (χ3n) is 8.80. The fraction of sp³-hybridized carbons (Fsp3) is 0.944. The molecule has 0 radical (unpaired) electrons. The first kappa shape index (κ1) is 42.5. The second-order valence-electron chi connectivity index (χ2n) is 12.9. The fourth-order valence-corrected chi connectivity index (χ4v) is 11.6. The van der Waals surface area contributed by atoms with Crippen LogP contribution in [0, 0.1) is 0 Å². The third kappa shape index (κ3) is 33.7. The minimum atomic E-state index is -1.08. The Morgan fingerprint density at radius 3 is 0.780 bits per heavy atom. The summed E-state index contributed by atoms with van der Waals surface area (Å²) in [5.41, 5.74) is 0. The van der Waals surface area contributed by atoms with Crippen molar-refractivity contribution in [1.29, 1.82) is 0 Å². The van der Waals surface area contributed by atoms with Gasteiger partial charge in [-0.05, 0) is 0 Å². The SMILES string of the molecule is CCCCCCCCCCCCCC[PH](CCCCCC)(CCCCCC)CCCCCC.O=C(O)CCC(=O)O. The van der Waals surface area contributed by atoms with Gasteiger partial charge in [-0.1, -0.05) is 13.3 Å². The van der Waals surface area contributed by atoms with Gasteiger partial charge in [-0.3, -0.25) is 9.59 Å². The predicted octanol–water partition coefficient (Wildman–Crippen LogP) is 12.1. The zero-order chi connectivity index (χ0) is 30.9. The van der Waals surface area contributed by atoms with Gasteiger partial charge in [0.2, 0.25) is 0 Å². The molecule has 0 atom stereocenters. The Morgan fingerprint density at radius 1 is 0.366 bits per heavy atom. The van der Waals surface area contributed by atoms with Crippen LogP contribution in [0.1, 0.15) is 195 Å². The number of rotatable bonds is 31. The summed E-state index contributed by atoms with van der Waals surface area (Å²) in [5, 5.41) is 15.8. The van der Waals surface area contributed by atoms with Gasteiger partial charge in [0.25, 0.3) is 0 Å². The van der Waals surface area contributed by atoms with Gasteiger partial charge in [0.1, 0.15) is 0 Å². The molecule has 0 fully saturated rings. The van der Waals surface area contributed by atoms with Crippen LogP contribution < -0.4 is 0 Å². The van der Waals surface area contributed by atoms with Gasteiger partial charge in [0, 0.05) is 0 Å². The first-order valence-electron chi connectivity index (χ1n) is 18.3. The molecule has 41 heavy (non-hydrogen) atoms. The Bertz CT molecular complexity index is 506. The van der Waals surface area contributed by atoms with E-state index in [9.17, 15) is 9.59 Å². The van der Waals surface area contributed by atoms with Crippen molar-refractivity contribution in [2.75, 3.05) is 24.6 Å². The molecule has 0 unspecified atom stereocenters. The summed E-state index contributed by atoms with van der Waals surface area (Å²) < 4.78 is 0. The van der Waals surface area contributed by atoms with Crippen LogP contribution in [0.25, 0.3) is 0 Å². The number of carbonyl (C=O) groups is 2. The van der Waals surface area contributed by atoms with Crippen LogP contribution in [-0.2, 0) is 9.59 Å². The summed E-state index contributed by atoms with van der Waals surface area (Å²) in [6.45, 7) is 9.42. The van der Waals surface area contributed by atoms with Crippen LogP contribution in [0.3, 0.4) is 0 Å². The van der Waals surface area contributed by atoms with Crippen LogP contribution in [0.15, 0.2) is 0 Å². The molecule has 2 N–H and O–H groups in total. The van der Waals surface area contributed by atoms with Gasteiger partial charge < -0.3 is 10.2 Å². The van der Waals surface area contributed by atoms with E-state index in [0.717, 1.165) is 0 Å².